The molecular formula is C16H18O3. The van der Waals surface area contributed by atoms with E-state index in [4.69, 9.17) is 9.47 Å². The molecule has 0 spiro atoms. The van der Waals surface area contributed by atoms with Crippen molar-refractivity contribution in [1.29, 1.82) is 0 Å². The molecule has 1 atom stereocenters. The molecule has 0 fully saturated rings. The van der Waals surface area contributed by atoms with E-state index in [0.717, 1.165) is 5.56 Å². The van der Waals surface area contributed by atoms with Crippen molar-refractivity contribution < 1.29 is 14.6 Å². The predicted molar refractivity (Wildman–Crippen MR) is 74.7 cm³/mol. The van der Waals surface area contributed by atoms with Crippen LogP contribution in [0.15, 0.2) is 48.5 Å². The van der Waals surface area contributed by atoms with Gasteiger partial charge in [-0.25, -0.2) is 0 Å². The van der Waals surface area contributed by atoms with Crippen molar-refractivity contribution >= 4 is 0 Å². The Hall–Kier alpha value is -2.00. The molecule has 1 N–H and O–H groups in total. The van der Waals surface area contributed by atoms with Gasteiger partial charge in [0.05, 0.1) is 14.2 Å². The van der Waals surface area contributed by atoms with E-state index in [0.29, 0.717) is 17.1 Å². The summed E-state index contributed by atoms with van der Waals surface area (Å²) < 4.78 is 10.5. The lowest BCUT2D eigenvalue weighted by molar-refractivity contribution is 0.0988. The van der Waals surface area contributed by atoms with Crippen LogP contribution >= 0.6 is 0 Å². The first-order valence-corrected chi connectivity index (χ1v) is 6.10. The highest BCUT2D eigenvalue weighted by atomic mass is 16.5. The number of hydrogen-bond acceptors (Lipinski definition) is 3. The van der Waals surface area contributed by atoms with Crippen LogP contribution in [0.1, 0.15) is 18.1 Å². The SMILES string of the molecule is COc1ccc([C@](C)(O)c2ccccc2)c(OC)c1. The molecule has 19 heavy (non-hydrogen) atoms. The second-order valence-corrected chi connectivity index (χ2v) is 4.50. The number of rotatable bonds is 4. The van der Waals surface area contributed by atoms with Gasteiger partial charge in [-0.15, -0.1) is 0 Å². The van der Waals surface area contributed by atoms with Gasteiger partial charge < -0.3 is 14.6 Å². The molecule has 3 nitrogen and oxygen atoms in total. The zero-order valence-corrected chi connectivity index (χ0v) is 11.4. The summed E-state index contributed by atoms with van der Waals surface area (Å²) in [6.45, 7) is 1.76. The topological polar surface area (TPSA) is 38.7 Å². The fourth-order valence-electron chi connectivity index (χ4n) is 2.12. The maximum atomic E-state index is 10.8. The molecule has 0 saturated heterocycles. The fraction of sp³-hybridized carbons (Fsp3) is 0.250. The summed E-state index contributed by atoms with van der Waals surface area (Å²) in [6, 6.07) is 14.9. The number of aliphatic hydroxyl groups is 1. The zero-order chi connectivity index (χ0) is 13.9. The quantitative estimate of drug-likeness (QED) is 0.916. The Balaban J connectivity index is 2.51. The van der Waals surface area contributed by atoms with Crippen molar-refractivity contribution in [1.82, 2.24) is 0 Å². The van der Waals surface area contributed by atoms with E-state index < -0.39 is 5.60 Å². The summed E-state index contributed by atoms with van der Waals surface area (Å²) in [6.07, 6.45) is 0. The van der Waals surface area contributed by atoms with E-state index in [1.807, 2.05) is 42.5 Å². The maximum absolute atomic E-state index is 10.8. The summed E-state index contributed by atoms with van der Waals surface area (Å²) in [5.74, 6) is 1.30. The highest BCUT2D eigenvalue weighted by molar-refractivity contribution is 5.47. The van der Waals surface area contributed by atoms with Gasteiger partial charge in [-0.05, 0) is 24.6 Å². The van der Waals surface area contributed by atoms with Crippen LogP contribution in [0.4, 0.5) is 0 Å². The summed E-state index contributed by atoms with van der Waals surface area (Å²) in [5.41, 5.74) is 0.416. The molecule has 2 aromatic rings. The Morgan fingerprint density at radius 2 is 1.63 bits per heavy atom. The molecule has 0 aromatic heterocycles. The third kappa shape index (κ3) is 2.56. The summed E-state index contributed by atoms with van der Waals surface area (Å²) in [4.78, 5) is 0. The van der Waals surface area contributed by atoms with Gasteiger partial charge in [0, 0.05) is 11.6 Å². The Morgan fingerprint density at radius 1 is 0.947 bits per heavy atom. The first-order chi connectivity index (χ1) is 9.09. The van der Waals surface area contributed by atoms with E-state index in [2.05, 4.69) is 0 Å². The van der Waals surface area contributed by atoms with E-state index in [1.165, 1.54) is 0 Å². The van der Waals surface area contributed by atoms with Gasteiger partial charge in [-0.1, -0.05) is 30.3 Å². The van der Waals surface area contributed by atoms with Gasteiger partial charge in [-0.2, -0.15) is 0 Å². The molecular weight excluding hydrogens is 240 g/mol. The van der Waals surface area contributed by atoms with Crippen molar-refractivity contribution in [3.8, 4) is 11.5 Å². The molecule has 0 aliphatic carbocycles. The predicted octanol–water partition coefficient (Wildman–Crippen LogP) is 2.96. The lowest BCUT2D eigenvalue weighted by Crippen LogP contribution is -2.23. The molecule has 0 saturated carbocycles. The molecule has 2 rings (SSSR count). The maximum Gasteiger partial charge on any atom is 0.128 e. The first-order valence-electron chi connectivity index (χ1n) is 6.10. The molecule has 0 amide bonds. The van der Waals surface area contributed by atoms with Crippen LogP contribution in [0.25, 0.3) is 0 Å². The van der Waals surface area contributed by atoms with Crippen LogP contribution in [0, 0.1) is 0 Å². The standard InChI is InChI=1S/C16H18O3/c1-16(17,12-7-5-4-6-8-12)14-10-9-13(18-2)11-15(14)19-3/h4-11,17H,1-3H3/t16-/m1/s1. The molecule has 0 heterocycles. The van der Waals surface area contributed by atoms with E-state index in [9.17, 15) is 5.11 Å². The number of methoxy groups -OCH3 is 2. The van der Waals surface area contributed by atoms with Crippen LogP contribution in [-0.4, -0.2) is 19.3 Å². The highest BCUT2D eigenvalue weighted by Crippen LogP contribution is 2.37. The largest absolute Gasteiger partial charge is 0.497 e. The Kier molecular flexibility index (Phi) is 3.76. The molecule has 0 unspecified atom stereocenters. The number of benzene rings is 2. The van der Waals surface area contributed by atoms with Crippen LogP contribution in [-0.2, 0) is 5.60 Å². The molecule has 100 valence electrons. The number of hydrogen-bond donors (Lipinski definition) is 1. The van der Waals surface area contributed by atoms with Crippen LogP contribution in [0.3, 0.4) is 0 Å². The Bertz CT molecular complexity index is 547. The minimum Gasteiger partial charge on any atom is -0.497 e. The van der Waals surface area contributed by atoms with Gasteiger partial charge in [0.15, 0.2) is 0 Å². The summed E-state index contributed by atoms with van der Waals surface area (Å²) >= 11 is 0. The van der Waals surface area contributed by atoms with Crippen LogP contribution in [0.2, 0.25) is 0 Å². The van der Waals surface area contributed by atoms with E-state index >= 15 is 0 Å². The van der Waals surface area contributed by atoms with Crippen molar-refractivity contribution in [2.24, 2.45) is 0 Å². The fourth-order valence-corrected chi connectivity index (χ4v) is 2.12. The summed E-state index contributed by atoms with van der Waals surface area (Å²) in [7, 11) is 3.18. The van der Waals surface area contributed by atoms with Crippen molar-refractivity contribution in [3.05, 3.63) is 59.7 Å². The highest BCUT2D eigenvalue weighted by Gasteiger charge is 2.29. The second-order valence-electron chi connectivity index (χ2n) is 4.50. The van der Waals surface area contributed by atoms with Gasteiger partial charge in [0.1, 0.15) is 17.1 Å². The minimum absolute atomic E-state index is 0.605. The van der Waals surface area contributed by atoms with Crippen molar-refractivity contribution in [2.75, 3.05) is 14.2 Å². The van der Waals surface area contributed by atoms with Crippen LogP contribution < -0.4 is 9.47 Å². The van der Waals surface area contributed by atoms with Gasteiger partial charge in [0.2, 0.25) is 0 Å². The minimum atomic E-state index is -1.11. The van der Waals surface area contributed by atoms with Gasteiger partial charge in [0.25, 0.3) is 0 Å². The third-order valence-electron chi connectivity index (χ3n) is 3.27. The van der Waals surface area contributed by atoms with Crippen molar-refractivity contribution in [2.45, 2.75) is 12.5 Å². The molecule has 0 bridgehead atoms. The Labute approximate surface area is 113 Å². The molecule has 3 heteroatoms. The second kappa shape index (κ2) is 5.33. The lowest BCUT2D eigenvalue weighted by Gasteiger charge is -2.26. The Morgan fingerprint density at radius 3 is 2.21 bits per heavy atom. The zero-order valence-electron chi connectivity index (χ0n) is 11.4. The molecule has 0 aliphatic heterocycles. The average Bonchev–Trinajstić information content (AvgIpc) is 2.47. The van der Waals surface area contributed by atoms with Crippen molar-refractivity contribution in [3.63, 3.8) is 0 Å². The normalized spacial score (nSPS) is 13.7. The van der Waals surface area contributed by atoms with E-state index in [-0.39, 0.29) is 0 Å². The molecule has 2 aromatic carbocycles. The van der Waals surface area contributed by atoms with Crippen LogP contribution in [0.5, 0.6) is 11.5 Å². The first kappa shape index (κ1) is 13.4. The van der Waals surface area contributed by atoms with Gasteiger partial charge >= 0.3 is 0 Å². The smallest absolute Gasteiger partial charge is 0.128 e. The average molecular weight is 258 g/mol. The lowest BCUT2D eigenvalue weighted by atomic mass is 9.87. The third-order valence-corrected chi connectivity index (χ3v) is 3.27. The van der Waals surface area contributed by atoms with Gasteiger partial charge in [-0.3, -0.25) is 0 Å². The number of ether oxygens (including phenoxy) is 2. The van der Waals surface area contributed by atoms with E-state index in [1.54, 1.807) is 27.2 Å². The summed E-state index contributed by atoms with van der Waals surface area (Å²) in [5, 5.41) is 10.8. The monoisotopic (exact) mass is 258 g/mol. The molecule has 0 aliphatic rings. The molecule has 0 radical (unpaired) electrons.